The Balaban J connectivity index is 2.27. The van der Waals surface area contributed by atoms with Crippen LogP contribution in [-0.2, 0) is 9.53 Å². The Morgan fingerprint density at radius 3 is 2.45 bits per heavy atom. The van der Waals surface area contributed by atoms with Crippen LogP contribution in [0.2, 0.25) is 0 Å². The van der Waals surface area contributed by atoms with E-state index in [2.05, 4.69) is 5.32 Å². The molecule has 110 valence electrons. The maximum atomic E-state index is 12.3. The number of anilines is 1. The minimum absolute atomic E-state index is 0.207. The zero-order valence-electron chi connectivity index (χ0n) is 12.0. The molecule has 1 amide bonds. The first-order valence-electron chi connectivity index (χ1n) is 6.67. The second kappa shape index (κ2) is 5.54. The molecule has 0 unspecified atom stereocenters. The number of carbonyl (C=O) groups excluding carboxylic acids is 2. The van der Waals surface area contributed by atoms with Crippen molar-refractivity contribution in [2.75, 3.05) is 12.4 Å². The van der Waals surface area contributed by atoms with E-state index >= 15 is 0 Å². The Kier molecular flexibility index (Phi) is 4.15. The summed E-state index contributed by atoms with van der Waals surface area (Å²) in [6.45, 7) is 3.76. The summed E-state index contributed by atoms with van der Waals surface area (Å²) >= 11 is 1.38. The average Bonchev–Trinajstić information content (AvgIpc) is 2.96. The summed E-state index contributed by atoms with van der Waals surface area (Å²) in [5.74, 6) is -0.638. The fraction of sp³-hybridized carbons (Fsp3) is 0.571. The van der Waals surface area contributed by atoms with Crippen LogP contribution in [-0.4, -0.2) is 24.5 Å². The molecule has 2 rings (SSSR count). The molecule has 0 aromatic carbocycles. The number of carbonyl (C=O) groups is 2. The molecular weight excluding hydrogens is 276 g/mol. The van der Waals surface area contributed by atoms with E-state index in [4.69, 9.17) is 10.5 Å². The van der Waals surface area contributed by atoms with Crippen molar-refractivity contribution >= 4 is 28.2 Å². The van der Waals surface area contributed by atoms with Gasteiger partial charge in [-0.2, -0.15) is 0 Å². The normalized spacial score (nSPS) is 17.0. The Morgan fingerprint density at radius 2 is 1.90 bits per heavy atom. The van der Waals surface area contributed by atoms with Crippen molar-refractivity contribution in [3.63, 3.8) is 0 Å². The molecule has 0 bridgehead atoms. The molecule has 1 aliphatic rings. The van der Waals surface area contributed by atoms with E-state index < -0.39 is 11.5 Å². The van der Waals surface area contributed by atoms with E-state index in [1.165, 1.54) is 18.4 Å². The third kappa shape index (κ3) is 2.58. The minimum Gasteiger partial charge on any atom is -0.465 e. The summed E-state index contributed by atoms with van der Waals surface area (Å²) in [5, 5.41) is 3.36. The zero-order valence-corrected chi connectivity index (χ0v) is 12.9. The quantitative estimate of drug-likeness (QED) is 0.839. The summed E-state index contributed by atoms with van der Waals surface area (Å²) in [6.07, 6.45) is 3.32. The summed E-state index contributed by atoms with van der Waals surface area (Å²) in [6, 6.07) is 0. The fourth-order valence-electron chi connectivity index (χ4n) is 2.52. The van der Waals surface area contributed by atoms with Crippen molar-refractivity contribution in [3.05, 3.63) is 16.0 Å². The number of nitrogens with two attached hydrogens (primary N) is 1. The lowest BCUT2D eigenvalue weighted by Crippen LogP contribution is -2.48. The van der Waals surface area contributed by atoms with Gasteiger partial charge in [-0.05, 0) is 32.3 Å². The number of hydrogen-bond acceptors (Lipinski definition) is 5. The molecule has 1 heterocycles. The van der Waals surface area contributed by atoms with Gasteiger partial charge in [0.05, 0.1) is 18.2 Å². The largest absolute Gasteiger partial charge is 0.465 e. The number of ether oxygens (including phenoxy) is 1. The SMILES string of the molecule is COC(=O)c1c(NC(=O)C2(N)CCCC2)sc(C)c1C. The topological polar surface area (TPSA) is 81.4 Å². The molecule has 0 spiro atoms. The van der Waals surface area contributed by atoms with Crippen LogP contribution >= 0.6 is 11.3 Å². The molecule has 0 aliphatic heterocycles. The van der Waals surface area contributed by atoms with Crippen LogP contribution in [0.1, 0.15) is 46.5 Å². The Labute approximate surface area is 122 Å². The van der Waals surface area contributed by atoms with Gasteiger partial charge < -0.3 is 15.8 Å². The van der Waals surface area contributed by atoms with Gasteiger partial charge in [0.25, 0.3) is 0 Å². The van der Waals surface area contributed by atoms with E-state index in [1.54, 1.807) is 0 Å². The van der Waals surface area contributed by atoms with Crippen LogP contribution in [0.15, 0.2) is 0 Å². The van der Waals surface area contributed by atoms with Gasteiger partial charge in [-0.25, -0.2) is 4.79 Å². The molecule has 0 saturated heterocycles. The van der Waals surface area contributed by atoms with Crippen molar-refractivity contribution in [1.29, 1.82) is 0 Å². The molecular formula is C14H20N2O3S. The first kappa shape index (κ1) is 15.0. The smallest absolute Gasteiger partial charge is 0.341 e. The second-order valence-corrected chi connectivity index (χ2v) is 6.52. The zero-order chi connectivity index (χ0) is 14.9. The monoisotopic (exact) mass is 296 g/mol. The van der Waals surface area contributed by atoms with E-state index in [1.807, 2.05) is 13.8 Å². The molecule has 0 atom stereocenters. The summed E-state index contributed by atoms with van der Waals surface area (Å²) in [7, 11) is 1.34. The van der Waals surface area contributed by atoms with Gasteiger partial charge >= 0.3 is 5.97 Å². The van der Waals surface area contributed by atoms with Crippen LogP contribution in [0.5, 0.6) is 0 Å². The first-order chi connectivity index (χ1) is 9.39. The summed E-state index contributed by atoms with van der Waals surface area (Å²) < 4.78 is 4.79. The molecule has 1 aromatic heterocycles. The molecule has 1 saturated carbocycles. The minimum atomic E-state index is -0.806. The molecule has 20 heavy (non-hydrogen) atoms. The summed E-state index contributed by atoms with van der Waals surface area (Å²) in [5.41, 5.74) is 6.60. The van der Waals surface area contributed by atoms with Crippen molar-refractivity contribution in [2.24, 2.45) is 5.73 Å². The fourth-order valence-corrected chi connectivity index (χ4v) is 3.57. The molecule has 5 nitrogen and oxygen atoms in total. The van der Waals surface area contributed by atoms with Crippen LogP contribution in [0.3, 0.4) is 0 Å². The number of hydrogen-bond donors (Lipinski definition) is 2. The number of nitrogens with one attached hydrogen (secondary N) is 1. The van der Waals surface area contributed by atoms with Crippen LogP contribution in [0.4, 0.5) is 5.00 Å². The van der Waals surface area contributed by atoms with Crippen LogP contribution in [0, 0.1) is 13.8 Å². The molecule has 1 aromatic rings. The predicted octanol–water partition coefficient (Wildman–Crippen LogP) is 2.36. The number of amides is 1. The van der Waals surface area contributed by atoms with Gasteiger partial charge in [0.1, 0.15) is 5.00 Å². The maximum absolute atomic E-state index is 12.3. The van der Waals surface area contributed by atoms with E-state index in [0.717, 1.165) is 23.3 Å². The van der Waals surface area contributed by atoms with Crippen molar-refractivity contribution < 1.29 is 14.3 Å². The second-order valence-electron chi connectivity index (χ2n) is 5.30. The number of esters is 1. The van der Waals surface area contributed by atoms with Crippen molar-refractivity contribution in [2.45, 2.75) is 45.1 Å². The molecule has 1 aliphatic carbocycles. The third-order valence-corrected chi connectivity index (χ3v) is 5.07. The molecule has 1 fully saturated rings. The predicted molar refractivity (Wildman–Crippen MR) is 79.1 cm³/mol. The highest BCUT2D eigenvalue weighted by Crippen LogP contribution is 2.35. The number of rotatable bonds is 3. The van der Waals surface area contributed by atoms with Crippen molar-refractivity contribution in [3.8, 4) is 0 Å². The Morgan fingerprint density at radius 1 is 1.30 bits per heavy atom. The van der Waals surface area contributed by atoms with Crippen molar-refractivity contribution in [1.82, 2.24) is 0 Å². The van der Waals surface area contributed by atoms with Crippen LogP contribution in [0.25, 0.3) is 0 Å². The number of methoxy groups -OCH3 is 1. The Hall–Kier alpha value is -1.40. The number of thiophene rings is 1. The van der Waals surface area contributed by atoms with Gasteiger partial charge in [-0.15, -0.1) is 11.3 Å². The average molecular weight is 296 g/mol. The number of aryl methyl sites for hydroxylation is 1. The standard InChI is InChI=1S/C14H20N2O3S/c1-8-9(2)20-11(10(8)12(17)19-3)16-13(18)14(15)6-4-5-7-14/h4-7,15H2,1-3H3,(H,16,18). The van der Waals surface area contributed by atoms with Crippen LogP contribution < -0.4 is 11.1 Å². The first-order valence-corrected chi connectivity index (χ1v) is 7.49. The molecule has 0 radical (unpaired) electrons. The van der Waals surface area contributed by atoms with Gasteiger partial charge in [0.15, 0.2) is 0 Å². The summed E-state index contributed by atoms with van der Waals surface area (Å²) in [4.78, 5) is 25.2. The van der Waals surface area contributed by atoms with Gasteiger partial charge in [-0.1, -0.05) is 12.8 Å². The third-order valence-electron chi connectivity index (χ3n) is 3.95. The lowest BCUT2D eigenvalue weighted by atomic mass is 9.98. The Bertz CT molecular complexity index is 545. The van der Waals surface area contributed by atoms with Gasteiger partial charge in [-0.3, -0.25) is 4.79 Å². The van der Waals surface area contributed by atoms with E-state index in [-0.39, 0.29) is 5.91 Å². The molecule has 3 N–H and O–H groups in total. The highest BCUT2D eigenvalue weighted by atomic mass is 32.1. The van der Waals surface area contributed by atoms with E-state index in [9.17, 15) is 9.59 Å². The highest BCUT2D eigenvalue weighted by molar-refractivity contribution is 7.16. The van der Waals surface area contributed by atoms with Gasteiger partial charge in [0, 0.05) is 4.88 Å². The molecule has 6 heteroatoms. The van der Waals surface area contributed by atoms with Gasteiger partial charge in [0.2, 0.25) is 5.91 Å². The van der Waals surface area contributed by atoms with E-state index in [0.29, 0.717) is 23.4 Å². The maximum Gasteiger partial charge on any atom is 0.341 e. The lowest BCUT2D eigenvalue weighted by Gasteiger charge is -2.22. The lowest BCUT2D eigenvalue weighted by molar-refractivity contribution is -0.120. The highest BCUT2D eigenvalue weighted by Gasteiger charge is 2.38.